The molecule has 138 valence electrons. The van der Waals surface area contributed by atoms with E-state index in [9.17, 15) is 4.79 Å². The van der Waals surface area contributed by atoms with E-state index in [1.165, 1.54) is 0 Å². The normalized spacial score (nSPS) is 19.0. The molecular formula is C21H24BrNO3. The van der Waals surface area contributed by atoms with Gasteiger partial charge in [0.05, 0.1) is 6.04 Å². The van der Waals surface area contributed by atoms with E-state index in [0.717, 1.165) is 21.3 Å². The lowest BCUT2D eigenvalue weighted by atomic mass is 9.89. The topological polar surface area (TPSA) is 47.6 Å². The summed E-state index contributed by atoms with van der Waals surface area (Å²) in [5.74, 6) is 1.36. The van der Waals surface area contributed by atoms with E-state index in [-0.39, 0.29) is 17.6 Å². The molecule has 5 heteroatoms. The van der Waals surface area contributed by atoms with E-state index >= 15 is 0 Å². The lowest BCUT2D eigenvalue weighted by Gasteiger charge is -2.38. The molecule has 4 nitrogen and oxygen atoms in total. The Morgan fingerprint density at radius 2 is 1.96 bits per heavy atom. The Morgan fingerprint density at radius 3 is 2.65 bits per heavy atom. The Bertz CT molecular complexity index is 801. The minimum atomic E-state index is -0.588. The highest BCUT2D eigenvalue weighted by Gasteiger charge is 2.35. The van der Waals surface area contributed by atoms with E-state index in [1.54, 1.807) is 6.92 Å². The summed E-state index contributed by atoms with van der Waals surface area (Å²) in [6.07, 6.45) is 0.121. The second-order valence-corrected chi connectivity index (χ2v) is 8.30. The minimum absolute atomic E-state index is 0.0999. The van der Waals surface area contributed by atoms with Gasteiger partial charge in [0.1, 0.15) is 17.1 Å². The molecule has 0 saturated heterocycles. The van der Waals surface area contributed by atoms with Crippen LogP contribution in [0, 0.1) is 6.92 Å². The van der Waals surface area contributed by atoms with Crippen LogP contribution in [0.4, 0.5) is 0 Å². The van der Waals surface area contributed by atoms with E-state index in [0.29, 0.717) is 12.2 Å². The van der Waals surface area contributed by atoms with E-state index in [4.69, 9.17) is 9.47 Å². The van der Waals surface area contributed by atoms with Crippen molar-refractivity contribution >= 4 is 21.8 Å². The fraction of sp³-hybridized carbons (Fsp3) is 0.381. The van der Waals surface area contributed by atoms with Gasteiger partial charge in [-0.05, 0) is 58.0 Å². The van der Waals surface area contributed by atoms with Crippen LogP contribution in [0.15, 0.2) is 46.9 Å². The number of nitrogens with one attached hydrogen (secondary N) is 1. The number of halogens is 1. The zero-order valence-corrected chi connectivity index (χ0v) is 17.1. The van der Waals surface area contributed by atoms with Crippen molar-refractivity contribution in [2.75, 3.05) is 0 Å². The van der Waals surface area contributed by atoms with Crippen molar-refractivity contribution in [3.05, 3.63) is 58.1 Å². The number of hydrogen-bond acceptors (Lipinski definition) is 3. The van der Waals surface area contributed by atoms with Crippen LogP contribution in [0.3, 0.4) is 0 Å². The van der Waals surface area contributed by atoms with E-state index in [1.807, 2.05) is 57.2 Å². The summed E-state index contributed by atoms with van der Waals surface area (Å²) in [5, 5.41) is 3.14. The zero-order chi connectivity index (χ0) is 18.9. The van der Waals surface area contributed by atoms with Crippen LogP contribution in [-0.4, -0.2) is 17.6 Å². The fourth-order valence-corrected chi connectivity index (χ4v) is 3.43. The lowest BCUT2D eigenvalue weighted by molar-refractivity contribution is -0.128. The summed E-state index contributed by atoms with van der Waals surface area (Å²) >= 11 is 3.39. The standard InChI is InChI=1S/C21H24BrNO3/c1-13-5-10-19-17(11-13)18(12-21(3,4)26-19)23-20(24)14(2)25-16-8-6-15(22)7-9-16/h5-11,14,18H,12H2,1-4H3,(H,23,24)/t14-,18-/m0/s1. The number of carbonyl (C=O) groups excluding carboxylic acids is 1. The van der Waals surface area contributed by atoms with Gasteiger partial charge in [-0.25, -0.2) is 0 Å². The number of hydrogen-bond donors (Lipinski definition) is 1. The van der Waals surface area contributed by atoms with Crippen LogP contribution < -0.4 is 14.8 Å². The van der Waals surface area contributed by atoms with Crippen LogP contribution in [0.25, 0.3) is 0 Å². The molecule has 0 unspecified atom stereocenters. The van der Waals surface area contributed by atoms with Crippen molar-refractivity contribution in [1.82, 2.24) is 5.32 Å². The first kappa shape index (κ1) is 18.8. The number of carbonyl (C=O) groups is 1. The molecular weight excluding hydrogens is 394 g/mol. The Balaban J connectivity index is 1.74. The predicted octanol–water partition coefficient (Wildman–Crippen LogP) is 4.94. The van der Waals surface area contributed by atoms with Crippen molar-refractivity contribution in [2.45, 2.75) is 51.9 Å². The zero-order valence-electron chi connectivity index (χ0n) is 15.5. The molecule has 1 heterocycles. The van der Waals surface area contributed by atoms with Crippen molar-refractivity contribution in [1.29, 1.82) is 0 Å². The van der Waals surface area contributed by atoms with Crippen molar-refractivity contribution in [3.63, 3.8) is 0 Å². The van der Waals surface area contributed by atoms with Crippen molar-refractivity contribution in [3.8, 4) is 11.5 Å². The van der Waals surface area contributed by atoms with Gasteiger partial charge in [0, 0.05) is 16.5 Å². The summed E-state index contributed by atoms with van der Waals surface area (Å²) < 4.78 is 12.8. The van der Waals surface area contributed by atoms with Gasteiger partial charge in [-0.15, -0.1) is 0 Å². The molecule has 3 rings (SSSR count). The minimum Gasteiger partial charge on any atom is -0.487 e. The Labute approximate surface area is 163 Å². The largest absolute Gasteiger partial charge is 0.487 e. The average Bonchev–Trinajstić information content (AvgIpc) is 2.57. The van der Waals surface area contributed by atoms with Crippen LogP contribution in [-0.2, 0) is 4.79 Å². The molecule has 0 fully saturated rings. The molecule has 1 aliphatic heterocycles. The molecule has 26 heavy (non-hydrogen) atoms. The molecule has 0 aliphatic carbocycles. The monoisotopic (exact) mass is 417 g/mol. The second-order valence-electron chi connectivity index (χ2n) is 7.38. The lowest BCUT2D eigenvalue weighted by Crippen LogP contribution is -2.44. The third kappa shape index (κ3) is 4.39. The molecule has 0 bridgehead atoms. The van der Waals surface area contributed by atoms with Crippen LogP contribution in [0.1, 0.15) is 44.4 Å². The smallest absolute Gasteiger partial charge is 0.261 e. The highest BCUT2D eigenvalue weighted by atomic mass is 79.9. The average molecular weight is 418 g/mol. The van der Waals surface area contributed by atoms with Gasteiger partial charge in [-0.1, -0.05) is 33.6 Å². The van der Waals surface area contributed by atoms with Gasteiger partial charge >= 0.3 is 0 Å². The van der Waals surface area contributed by atoms with Gasteiger partial charge in [0.15, 0.2) is 6.10 Å². The van der Waals surface area contributed by atoms with Gasteiger partial charge in [-0.3, -0.25) is 4.79 Å². The van der Waals surface area contributed by atoms with Gasteiger partial charge in [-0.2, -0.15) is 0 Å². The quantitative estimate of drug-likeness (QED) is 0.765. The molecule has 2 aromatic rings. The van der Waals surface area contributed by atoms with E-state index < -0.39 is 6.10 Å². The van der Waals surface area contributed by atoms with Gasteiger partial charge in [0.25, 0.3) is 5.91 Å². The Kier molecular flexibility index (Phi) is 5.28. The number of amides is 1. The SMILES string of the molecule is Cc1ccc2c(c1)[C@@H](NC(=O)[C@H](C)Oc1ccc(Br)cc1)CC(C)(C)O2. The molecule has 1 aliphatic rings. The number of fused-ring (bicyclic) bond motifs is 1. The molecule has 1 N–H and O–H groups in total. The highest BCUT2D eigenvalue weighted by Crippen LogP contribution is 2.39. The summed E-state index contributed by atoms with van der Waals surface area (Å²) in [5.41, 5.74) is 1.83. The molecule has 0 saturated carbocycles. The summed E-state index contributed by atoms with van der Waals surface area (Å²) in [6.45, 7) is 7.88. The number of benzene rings is 2. The molecule has 0 spiro atoms. The fourth-order valence-electron chi connectivity index (χ4n) is 3.16. The third-order valence-corrected chi connectivity index (χ3v) is 4.96. The molecule has 2 atom stereocenters. The highest BCUT2D eigenvalue weighted by molar-refractivity contribution is 9.10. The first-order valence-corrected chi connectivity index (χ1v) is 9.55. The number of aryl methyl sites for hydroxylation is 1. The van der Waals surface area contributed by atoms with Gasteiger partial charge < -0.3 is 14.8 Å². The van der Waals surface area contributed by atoms with Crippen LogP contribution in [0.5, 0.6) is 11.5 Å². The number of rotatable bonds is 4. The Hall–Kier alpha value is -2.01. The summed E-state index contributed by atoms with van der Waals surface area (Å²) in [7, 11) is 0. The van der Waals surface area contributed by atoms with Crippen LogP contribution in [0.2, 0.25) is 0 Å². The Morgan fingerprint density at radius 1 is 1.27 bits per heavy atom. The first-order chi connectivity index (χ1) is 12.2. The van der Waals surface area contributed by atoms with Crippen LogP contribution >= 0.6 is 15.9 Å². The van der Waals surface area contributed by atoms with Gasteiger partial charge in [0.2, 0.25) is 0 Å². The second kappa shape index (κ2) is 7.31. The van der Waals surface area contributed by atoms with Crippen molar-refractivity contribution < 1.29 is 14.3 Å². The summed E-state index contributed by atoms with van der Waals surface area (Å²) in [4.78, 5) is 12.7. The maximum absolute atomic E-state index is 12.7. The first-order valence-electron chi connectivity index (χ1n) is 8.76. The molecule has 0 aromatic heterocycles. The summed E-state index contributed by atoms with van der Waals surface area (Å²) in [6, 6.07) is 13.4. The van der Waals surface area contributed by atoms with Crippen molar-refractivity contribution in [2.24, 2.45) is 0 Å². The number of ether oxygens (including phenoxy) is 2. The predicted molar refractivity (Wildman–Crippen MR) is 106 cm³/mol. The molecule has 2 aromatic carbocycles. The maximum Gasteiger partial charge on any atom is 0.261 e. The maximum atomic E-state index is 12.7. The molecule has 0 radical (unpaired) electrons. The molecule has 1 amide bonds. The third-order valence-electron chi connectivity index (χ3n) is 4.43. The van der Waals surface area contributed by atoms with E-state index in [2.05, 4.69) is 27.3 Å².